The van der Waals surface area contributed by atoms with Gasteiger partial charge in [0.05, 0.1) is 11.5 Å². The maximum Gasteiger partial charge on any atom is 0.223 e. The van der Waals surface area contributed by atoms with E-state index in [1.165, 1.54) is 0 Å². The summed E-state index contributed by atoms with van der Waals surface area (Å²) in [5.41, 5.74) is 0. The molecule has 1 aliphatic rings. The fourth-order valence-electron chi connectivity index (χ4n) is 2.25. The minimum atomic E-state index is 0.257. The summed E-state index contributed by atoms with van der Waals surface area (Å²) in [6.07, 6.45) is 6.55. The highest BCUT2D eigenvalue weighted by Gasteiger charge is 2.19. The number of aromatic nitrogens is 2. The maximum absolute atomic E-state index is 11.8. The third-order valence-corrected chi connectivity index (χ3v) is 4.07. The number of hydrogen-bond donors (Lipinski definition) is 0. The zero-order chi connectivity index (χ0) is 12.4. The summed E-state index contributed by atoms with van der Waals surface area (Å²) in [7, 11) is 0. The molecule has 1 fully saturated rings. The number of carbonyl (C=O) groups is 1. The topological polar surface area (TPSA) is 38.1 Å². The number of likely N-dealkylation sites (tertiary alicyclic amines) is 1. The third-order valence-electron chi connectivity index (χ3n) is 3.20. The highest BCUT2D eigenvalue weighted by molar-refractivity contribution is 7.13. The van der Waals surface area contributed by atoms with Gasteiger partial charge in [-0.05, 0) is 24.3 Å². The van der Waals surface area contributed by atoms with E-state index in [0.717, 1.165) is 30.1 Å². The molecule has 1 aliphatic heterocycles. The highest BCUT2D eigenvalue weighted by atomic mass is 32.1. The summed E-state index contributed by atoms with van der Waals surface area (Å²) in [5.74, 6) is 1.20. The van der Waals surface area contributed by atoms with E-state index in [1.54, 1.807) is 17.5 Å². The average Bonchev–Trinajstić information content (AvgIpc) is 3.02. The van der Waals surface area contributed by atoms with Gasteiger partial charge in [-0.25, -0.2) is 4.98 Å². The molecule has 0 unspecified atom stereocenters. The Hall–Kier alpha value is -1.62. The lowest BCUT2D eigenvalue weighted by atomic mass is 10.1. The van der Waals surface area contributed by atoms with Gasteiger partial charge >= 0.3 is 0 Å². The second kappa shape index (κ2) is 4.94. The van der Waals surface area contributed by atoms with E-state index in [9.17, 15) is 4.79 Å². The second-order valence-corrected chi connectivity index (χ2v) is 5.40. The number of nitrogens with zero attached hydrogens (tertiary/aromatic N) is 3. The van der Waals surface area contributed by atoms with Gasteiger partial charge < -0.3 is 9.47 Å². The number of rotatable bonds is 3. The van der Waals surface area contributed by atoms with E-state index in [2.05, 4.69) is 15.6 Å². The number of piperidine rings is 1. The van der Waals surface area contributed by atoms with Crippen molar-refractivity contribution in [3.8, 4) is 10.7 Å². The monoisotopic (exact) mass is 261 g/mol. The van der Waals surface area contributed by atoms with Crippen LogP contribution in [-0.4, -0.2) is 26.9 Å². The first-order valence-electron chi connectivity index (χ1n) is 6.17. The Morgan fingerprint density at radius 1 is 1.39 bits per heavy atom. The predicted molar refractivity (Wildman–Crippen MR) is 71.1 cm³/mol. The van der Waals surface area contributed by atoms with Crippen LogP contribution >= 0.6 is 11.3 Å². The molecule has 18 heavy (non-hydrogen) atoms. The van der Waals surface area contributed by atoms with E-state index >= 15 is 0 Å². The number of hydrogen-bond acceptors (Lipinski definition) is 3. The maximum atomic E-state index is 11.8. The summed E-state index contributed by atoms with van der Waals surface area (Å²) in [5, 5.41) is 2.04. The van der Waals surface area contributed by atoms with Gasteiger partial charge in [0.25, 0.3) is 0 Å². The molecular weight excluding hydrogens is 246 g/mol. The lowest BCUT2D eigenvalue weighted by Crippen LogP contribution is -2.36. The minimum absolute atomic E-state index is 0.257. The summed E-state index contributed by atoms with van der Waals surface area (Å²) in [4.78, 5) is 19.3. The number of thiophene rings is 1. The van der Waals surface area contributed by atoms with Crippen molar-refractivity contribution in [1.29, 1.82) is 0 Å². The van der Waals surface area contributed by atoms with E-state index in [-0.39, 0.29) is 5.91 Å². The number of carbonyl (C=O) groups excluding carboxylic acids is 1. The van der Waals surface area contributed by atoms with Crippen molar-refractivity contribution in [2.75, 3.05) is 6.54 Å². The van der Waals surface area contributed by atoms with E-state index < -0.39 is 0 Å². The van der Waals surface area contributed by atoms with Gasteiger partial charge in [-0.2, -0.15) is 0 Å². The van der Waals surface area contributed by atoms with Crippen LogP contribution in [0.5, 0.6) is 0 Å². The molecule has 2 aromatic rings. The summed E-state index contributed by atoms with van der Waals surface area (Å²) in [6, 6.07) is 4.08. The van der Waals surface area contributed by atoms with Crippen LogP contribution in [0.15, 0.2) is 29.9 Å². The van der Waals surface area contributed by atoms with Crippen molar-refractivity contribution in [2.24, 2.45) is 0 Å². The van der Waals surface area contributed by atoms with E-state index in [4.69, 9.17) is 0 Å². The first-order chi connectivity index (χ1) is 8.84. The Bertz CT molecular complexity index is 532. The first-order valence-corrected chi connectivity index (χ1v) is 7.05. The second-order valence-electron chi connectivity index (χ2n) is 4.45. The zero-order valence-corrected chi connectivity index (χ0v) is 10.9. The molecule has 5 heteroatoms. The van der Waals surface area contributed by atoms with Crippen molar-refractivity contribution >= 4 is 17.2 Å². The fraction of sp³-hybridized carbons (Fsp3) is 0.385. The number of amides is 1. The van der Waals surface area contributed by atoms with E-state index in [0.29, 0.717) is 13.1 Å². The third kappa shape index (κ3) is 2.18. The number of imidazole rings is 1. The zero-order valence-electron chi connectivity index (χ0n) is 10.1. The summed E-state index contributed by atoms with van der Waals surface area (Å²) < 4.78 is 2.05. The van der Waals surface area contributed by atoms with Crippen LogP contribution in [0.2, 0.25) is 0 Å². The molecule has 3 heterocycles. The average molecular weight is 261 g/mol. The van der Waals surface area contributed by atoms with Crippen LogP contribution in [-0.2, 0) is 11.5 Å². The quantitative estimate of drug-likeness (QED) is 0.851. The first kappa shape index (κ1) is 11.5. The van der Waals surface area contributed by atoms with Crippen LogP contribution in [0.3, 0.4) is 0 Å². The SMILES string of the molecule is O=C1CCCCN1Cn1ccnc1-c1cccs1. The van der Waals surface area contributed by atoms with Crippen LogP contribution < -0.4 is 0 Å². The van der Waals surface area contributed by atoms with Gasteiger partial charge in [0, 0.05) is 25.4 Å². The predicted octanol–water partition coefficient (Wildman–Crippen LogP) is 2.58. The fourth-order valence-corrected chi connectivity index (χ4v) is 2.99. The molecular formula is C13H15N3OS. The molecule has 94 valence electrons. The molecule has 0 N–H and O–H groups in total. The molecule has 0 spiro atoms. The Kier molecular flexibility index (Phi) is 3.15. The lowest BCUT2D eigenvalue weighted by molar-refractivity contribution is -0.135. The molecule has 0 radical (unpaired) electrons. The van der Waals surface area contributed by atoms with Crippen LogP contribution in [0.4, 0.5) is 0 Å². The van der Waals surface area contributed by atoms with Gasteiger partial charge in [-0.3, -0.25) is 4.79 Å². The van der Waals surface area contributed by atoms with E-state index in [1.807, 2.05) is 22.5 Å². The molecule has 0 aliphatic carbocycles. The standard InChI is InChI=1S/C13H15N3OS/c17-12-5-1-2-7-15(12)10-16-8-6-14-13(16)11-4-3-9-18-11/h3-4,6,8-9H,1-2,5,7,10H2. The van der Waals surface area contributed by atoms with Gasteiger partial charge in [0.2, 0.25) is 5.91 Å². The van der Waals surface area contributed by atoms with Gasteiger partial charge in [-0.15, -0.1) is 11.3 Å². The van der Waals surface area contributed by atoms with Crippen LogP contribution in [0.1, 0.15) is 19.3 Å². The Morgan fingerprint density at radius 3 is 3.11 bits per heavy atom. The van der Waals surface area contributed by atoms with Crippen molar-refractivity contribution in [3.63, 3.8) is 0 Å². The molecule has 1 saturated heterocycles. The Balaban J connectivity index is 1.81. The molecule has 2 aromatic heterocycles. The molecule has 4 nitrogen and oxygen atoms in total. The Labute approximate surface area is 110 Å². The van der Waals surface area contributed by atoms with Crippen molar-refractivity contribution in [3.05, 3.63) is 29.9 Å². The molecule has 0 bridgehead atoms. The van der Waals surface area contributed by atoms with Gasteiger partial charge in [0.15, 0.2) is 5.82 Å². The largest absolute Gasteiger partial charge is 0.325 e. The lowest BCUT2D eigenvalue weighted by Gasteiger charge is -2.27. The highest BCUT2D eigenvalue weighted by Crippen LogP contribution is 2.23. The minimum Gasteiger partial charge on any atom is -0.325 e. The summed E-state index contributed by atoms with van der Waals surface area (Å²) in [6.45, 7) is 1.48. The molecule has 0 aromatic carbocycles. The van der Waals surface area contributed by atoms with Crippen molar-refractivity contribution in [2.45, 2.75) is 25.9 Å². The normalized spacial score (nSPS) is 16.2. The van der Waals surface area contributed by atoms with Gasteiger partial charge in [0.1, 0.15) is 0 Å². The molecule has 0 saturated carbocycles. The Morgan fingerprint density at radius 2 is 2.33 bits per heavy atom. The van der Waals surface area contributed by atoms with Crippen molar-refractivity contribution < 1.29 is 4.79 Å². The molecule has 1 amide bonds. The van der Waals surface area contributed by atoms with Crippen LogP contribution in [0, 0.1) is 0 Å². The van der Waals surface area contributed by atoms with Gasteiger partial charge in [-0.1, -0.05) is 6.07 Å². The van der Waals surface area contributed by atoms with Crippen molar-refractivity contribution in [1.82, 2.24) is 14.5 Å². The smallest absolute Gasteiger partial charge is 0.223 e. The summed E-state index contributed by atoms with van der Waals surface area (Å²) >= 11 is 1.67. The van der Waals surface area contributed by atoms with Crippen LogP contribution in [0.25, 0.3) is 10.7 Å². The molecule has 0 atom stereocenters. The molecule has 3 rings (SSSR count).